The van der Waals surface area contributed by atoms with E-state index in [0.29, 0.717) is 5.95 Å². The number of imidazole rings is 1. The van der Waals surface area contributed by atoms with Crippen LogP contribution in [0.3, 0.4) is 0 Å². The van der Waals surface area contributed by atoms with Gasteiger partial charge in [0.1, 0.15) is 5.52 Å². The van der Waals surface area contributed by atoms with Gasteiger partial charge in [-0.05, 0) is 13.8 Å². The summed E-state index contributed by atoms with van der Waals surface area (Å²) in [5, 5.41) is 8.81. The van der Waals surface area contributed by atoms with Crippen LogP contribution in [-0.4, -0.2) is 29.1 Å². The first-order valence-corrected chi connectivity index (χ1v) is 5.83. The Morgan fingerprint density at radius 3 is 2.72 bits per heavy atom. The van der Waals surface area contributed by atoms with Gasteiger partial charge in [0.25, 0.3) is 0 Å². The van der Waals surface area contributed by atoms with Crippen LogP contribution in [0.5, 0.6) is 0 Å². The van der Waals surface area contributed by atoms with Crippen LogP contribution in [0, 0.1) is 6.92 Å². The second-order valence-corrected chi connectivity index (χ2v) is 4.23. The molecule has 0 amide bonds. The van der Waals surface area contributed by atoms with Crippen LogP contribution in [0.4, 0.5) is 5.95 Å². The number of aromatic nitrogens is 6. The number of hydrogen-bond donors (Lipinski definition) is 1. The summed E-state index contributed by atoms with van der Waals surface area (Å²) in [4.78, 5) is 4.38. The van der Waals surface area contributed by atoms with E-state index in [1.54, 1.807) is 4.68 Å². The van der Waals surface area contributed by atoms with Crippen molar-refractivity contribution in [3.05, 3.63) is 18.0 Å². The summed E-state index contributed by atoms with van der Waals surface area (Å²) in [5.41, 5.74) is 8.60. The minimum atomic E-state index is 0.436. The Morgan fingerprint density at radius 2 is 2.11 bits per heavy atom. The molecule has 0 fully saturated rings. The van der Waals surface area contributed by atoms with Crippen molar-refractivity contribution in [3.8, 4) is 5.82 Å². The number of nitrogens with zero attached hydrogens (tertiary/aromatic N) is 6. The zero-order valence-electron chi connectivity index (χ0n) is 10.6. The Bertz CT molecular complexity index is 715. The van der Waals surface area contributed by atoms with Crippen molar-refractivity contribution in [1.29, 1.82) is 0 Å². The first-order chi connectivity index (χ1) is 8.61. The van der Waals surface area contributed by atoms with Gasteiger partial charge in [-0.25, -0.2) is 14.2 Å². The van der Waals surface area contributed by atoms with Gasteiger partial charge in [0.05, 0.1) is 5.69 Å². The molecule has 0 atom stereocenters. The summed E-state index contributed by atoms with van der Waals surface area (Å²) >= 11 is 0. The lowest BCUT2D eigenvalue weighted by atomic mass is 10.4. The predicted octanol–water partition coefficient (Wildman–Crippen LogP) is 0.866. The summed E-state index contributed by atoms with van der Waals surface area (Å²) in [6, 6.07) is 1.90. The van der Waals surface area contributed by atoms with Gasteiger partial charge >= 0.3 is 0 Å². The van der Waals surface area contributed by atoms with Gasteiger partial charge in [0, 0.05) is 25.9 Å². The molecule has 0 aliphatic heterocycles. The highest BCUT2D eigenvalue weighted by Gasteiger charge is 2.18. The number of hydrogen-bond acceptors (Lipinski definition) is 4. The number of rotatable bonds is 2. The Kier molecular flexibility index (Phi) is 2.16. The summed E-state index contributed by atoms with van der Waals surface area (Å²) in [5.74, 6) is 1.19. The zero-order chi connectivity index (χ0) is 12.9. The molecular weight excluding hydrogens is 230 g/mol. The lowest BCUT2D eigenvalue weighted by Gasteiger charge is -2.04. The monoisotopic (exact) mass is 245 g/mol. The van der Waals surface area contributed by atoms with Crippen molar-refractivity contribution in [2.45, 2.75) is 20.4 Å². The molecule has 0 aliphatic carbocycles. The van der Waals surface area contributed by atoms with Gasteiger partial charge in [-0.1, -0.05) is 0 Å². The molecule has 3 aromatic heterocycles. The minimum absolute atomic E-state index is 0.436. The normalized spacial score (nSPS) is 11.5. The molecule has 0 bridgehead atoms. The van der Waals surface area contributed by atoms with Crippen LogP contribution in [0.1, 0.15) is 12.6 Å². The van der Waals surface area contributed by atoms with E-state index < -0.39 is 0 Å². The zero-order valence-corrected chi connectivity index (χ0v) is 10.6. The summed E-state index contributed by atoms with van der Waals surface area (Å²) < 4.78 is 5.46. The average molecular weight is 245 g/mol. The molecule has 2 N–H and O–H groups in total. The molecule has 3 rings (SSSR count). The molecule has 3 heterocycles. The second kappa shape index (κ2) is 3.59. The summed E-state index contributed by atoms with van der Waals surface area (Å²) in [7, 11) is 1.87. The van der Waals surface area contributed by atoms with E-state index >= 15 is 0 Å². The summed E-state index contributed by atoms with van der Waals surface area (Å²) in [6.07, 6.45) is 1.88. The standard InChI is InChI=1S/C11H15N7/c1-4-17-10-9(7(2)14-17)13-11(12)18(10)8-5-6-16(3)15-8/h5-6H,4H2,1-3H3,(H2,12,13). The van der Waals surface area contributed by atoms with E-state index in [-0.39, 0.29) is 0 Å². The minimum Gasteiger partial charge on any atom is -0.369 e. The number of nitrogens with two attached hydrogens (primary N) is 1. The van der Waals surface area contributed by atoms with E-state index in [0.717, 1.165) is 29.2 Å². The lowest BCUT2D eigenvalue weighted by Crippen LogP contribution is -2.07. The number of nitrogen functional groups attached to an aromatic ring is 1. The highest BCUT2D eigenvalue weighted by molar-refractivity contribution is 5.79. The fourth-order valence-electron chi connectivity index (χ4n) is 2.15. The first kappa shape index (κ1) is 10.8. The maximum absolute atomic E-state index is 5.99. The lowest BCUT2D eigenvalue weighted by molar-refractivity contribution is 0.660. The van der Waals surface area contributed by atoms with Gasteiger partial charge in [0.2, 0.25) is 5.95 Å². The third-order valence-electron chi connectivity index (χ3n) is 2.97. The van der Waals surface area contributed by atoms with Gasteiger partial charge in [-0.2, -0.15) is 10.2 Å². The summed E-state index contributed by atoms with van der Waals surface area (Å²) in [6.45, 7) is 4.74. The maximum atomic E-state index is 5.99. The topological polar surface area (TPSA) is 79.5 Å². The average Bonchev–Trinajstić information content (AvgIpc) is 2.96. The second-order valence-electron chi connectivity index (χ2n) is 4.23. The number of fused-ring (bicyclic) bond motifs is 1. The van der Waals surface area contributed by atoms with E-state index in [9.17, 15) is 0 Å². The Morgan fingerprint density at radius 1 is 1.33 bits per heavy atom. The van der Waals surface area contributed by atoms with Crippen LogP contribution >= 0.6 is 0 Å². The van der Waals surface area contributed by atoms with E-state index in [2.05, 4.69) is 15.2 Å². The predicted molar refractivity (Wildman–Crippen MR) is 68.4 cm³/mol. The SMILES string of the molecule is CCn1nc(C)c2nc(N)n(-c3ccn(C)n3)c21. The third-order valence-corrected chi connectivity index (χ3v) is 2.97. The van der Waals surface area contributed by atoms with Crippen molar-refractivity contribution in [2.75, 3.05) is 5.73 Å². The van der Waals surface area contributed by atoms with Crippen LogP contribution in [-0.2, 0) is 13.6 Å². The molecule has 7 nitrogen and oxygen atoms in total. The Balaban J connectivity index is 2.37. The molecule has 18 heavy (non-hydrogen) atoms. The molecule has 0 radical (unpaired) electrons. The van der Waals surface area contributed by atoms with Gasteiger partial charge in [-0.15, -0.1) is 0 Å². The quantitative estimate of drug-likeness (QED) is 0.726. The van der Waals surface area contributed by atoms with Gasteiger partial charge < -0.3 is 5.73 Å². The Hall–Kier alpha value is -2.31. The molecule has 7 heteroatoms. The molecule has 0 spiro atoms. The number of anilines is 1. The van der Waals surface area contributed by atoms with Crippen molar-refractivity contribution in [2.24, 2.45) is 7.05 Å². The van der Waals surface area contributed by atoms with E-state index in [1.165, 1.54) is 0 Å². The smallest absolute Gasteiger partial charge is 0.208 e. The molecule has 0 unspecified atom stereocenters. The molecule has 0 aromatic carbocycles. The van der Waals surface area contributed by atoms with Crippen LogP contribution in [0.25, 0.3) is 17.0 Å². The van der Waals surface area contributed by atoms with E-state index in [4.69, 9.17) is 5.73 Å². The van der Waals surface area contributed by atoms with E-state index in [1.807, 2.05) is 42.4 Å². The molecule has 0 aliphatic rings. The van der Waals surface area contributed by atoms with Crippen LogP contribution in [0.2, 0.25) is 0 Å². The molecule has 0 saturated carbocycles. The van der Waals surface area contributed by atoms with Crippen molar-refractivity contribution in [1.82, 2.24) is 29.1 Å². The molecule has 94 valence electrons. The van der Waals surface area contributed by atoms with Gasteiger partial charge in [-0.3, -0.25) is 4.68 Å². The van der Waals surface area contributed by atoms with Crippen molar-refractivity contribution >= 4 is 17.1 Å². The van der Waals surface area contributed by atoms with Crippen LogP contribution < -0.4 is 5.73 Å². The third kappa shape index (κ3) is 1.33. The fourth-order valence-corrected chi connectivity index (χ4v) is 2.15. The highest BCUT2D eigenvalue weighted by Crippen LogP contribution is 2.24. The van der Waals surface area contributed by atoms with Crippen molar-refractivity contribution < 1.29 is 0 Å². The molecule has 3 aromatic rings. The molecular formula is C11H15N7. The fraction of sp³-hybridized carbons (Fsp3) is 0.364. The molecule has 0 saturated heterocycles. The Labute approximate surface area is 104 Å². The largest absolute Gasteiger partial charge is 0.369 e. The van der Waals surface area contributed by atoms with Crippen molar-refractivity contribution in [3.63, 3.8) is 0 Å². The van der Waals surface area contributed by atoms with Crippen LogP contribution in [0.15, 0.2) is 12.3 Å². The highest BCUT2D eigenvalue weighted by atomic mass is 15.4. The first-order valence-electron chi connectivity index (χ1n) is 5.83. The maximum Gasteiger partial charge on any atom is 0.208 e. The number of aryl methyl sites for hydroxylation is 3. The van der Waals surface area contributed by atoms with Gasteiger partial charge in [0.15, 0.2) is 11.5 Å².